The third-order valence-corrected chi connectivity index (χ3v) is 9.24. The number of benzene rings is 1. The summed E-state index contributed by atoms with van der Waals surface area (Å²) in [6, 6.07) is 0.157. The van der Waals surface area contributed by atoms with Crippen molar-refractivity contribution in [3.63, 3.8) is 0 Å². The van der Waals surface area contributed by atoms with Crippen molar-refractivity contribution in [3.05, 3.63) is 32.7 Å². The van der Waals surface area contributed by atoms with Gasteiger partial charge in [0.15, 0.2) is 0 Å². The molecule has 8 heteroatoms. The number of hydrogen-bond acceptors (Lipinski definition) is 0. The summed E-state index contributed by atoms with van der Waals surface area (Å²) in [5.74, 6) is -6.56. The summed E-state index contributed by atoms with van der Waals surface area (Å²) in [6.45, 7) is 1.78. The molecule has 0 spiro atoms. The first-order valence-electron chi connectivity index (χ1n) is 4.88. The minimum atomic E-state index is -9.77. The van der Waals surface area contributed by atoms with Gasteiger partial charge in [0, 0.05) is 0 Å². The molecule has 0 heterocycles. The zero-order chi connectivity index (χ0) is 14.4. The fourth-order valence-electron chi connectivity index (χ4n) is 1.68. The second kappa shape index (κ2) is 3.73. The first-order valence-corrected chi connectivity index (χ1v) is 10.7. The van der Waals surface area contributed by atoms with Gasteiger partial charge in [-0.2, -0.15) is 0 Å². The number of hydrogen-bond donors (Lipinski definition) is 0. The van der Waals surface area contributed by atoms with Gasteiger partial charge in [0.1, 0.15) is 0 Å². The van der Waals surface area contributed by atoms with Gasteiger partial charge in [-0.15, -0.1) is 0 Å². The van der Waals surface area contributed by atoms with Crippen molar-refractivity contribution in [2.24, 2.45) is 0 Å². The predicted molar refractivity (Wildman–Crippen MR) is 49.3 cm³/mol. The third-order valence-electron chi connectivity index (χ3n) is 2.27. The summed E-state index contributed by atoms with van der Waals surface area (Å²) in [6.07, 6.45) is -0.597. The van der Waals surface area contributed by atoms with Crippen LogP contribution in [-0.4, -0.2) is 4.43 Å². The van der Waals surface area contributed by atoms with Crippen LogP contribution >= 0.6 is 0 Å². The van der Waals surface area contributed by atoms with Crippen molar-refractivity contribution in [1.29, 1.82) is 0 Å². The van der Waals surface area contributed by atoms with E-state index in [1.165, 1.54) is 0 Å². The fraction of sp³-hybridized carbons (Fsp3) is 0.400. The molecule has 0 aliphatic rings. The SMILES string of the molecule is CCC[I+](F)(F)(F)(F)c1c(C)cc(F)c(F)c1F. The van der Waals surface area contributed by atoms with Crippen LogP contribution in [0.4, 0.5) is 24.6 Å². The van der Waals surface area contributed by atoms with Crippen molar-refractivity contribution in [2.75, 3.05) is 4.43 Å². The summed E-state index contributed by atoms with van der Waals surface area (Å²) in [4.78, 5) is 0. The van der Waals surface area contributed by atoms with Gasteiger partial charge in [-0.05, 0) is 0 Å². The van der Waals surface area contributed by atoms with Gasteiger partial charge in [-0.3, -0.25) is 0 Å². The average molecular weight is 391 g/mol. The van der Waals surface area contributed by atoms with E-state index in [0.717, 1.165) is 6.92 Å². The molecule has 1 rings (SSSR count). The number of aryl methyl sites for hydroxylation is 1. The molecule has 106 valence electrons. The first-order chi connectivity index (χ1) is 7.82. The molecule has 0 saturated heterocycles. The van der Waals surface area contributed by atoms with Gasteiger partial charge in [0.05, 0.1) is 0 Å². The Kier molecular flexibility index (Phi) is 3.22. The molecule has 0 aliphatic carbocycles. The molecule has 0 radical (unpaired) electrons. The van der Waals surface area contributed by atoms with Crippen LogP contribution in [0.25, 0.3) is 0 Å². The third kappa shape index (κ3) is 2.57. The Morgan fingerprint density at radius 2 is 1.50 bits per heavy atom. The van der Waals surface area contributed by atoms with Gasteiger partial charge in [-0.1, -0.05) is 0 Å². The molecule has 0 saturated carbocycles. The summed E-state index contributed by atoms with van der Waals surface area (Å²) >= 11 is -9.77. The van der Waals surface area contributed by atoms with Crippen molar-refractivity contribution in [1.82, 2.24) is 0 Å². The Morgan fingerprint density at radius 1 is 1.00 bits per heavy atom. The normalized spacial score (nSPS) is 16.3. The molecule has 0 nitrogen and oxygen atoms in total. The van der Waals surface area contributed by atoms with Crippen LogP contribution in [0.5, 0.6) is 0 Å². The summed E-state index contributed by atoms with van der Waals surface area (Å²) in [5, 5.41) is 0. The van der Waals surface area contributed by atoms with E-state index in [1.807, 2.05) is 0 Å². The maximum atomic E-state index is 13.7. The number of rotatable bonds is 3. The van der Waals surface area contributed by atoms with Crippen LogP contribution in [0.1, 0.15) is 18.9 Å². The molecule has 0 amide bonds. The molecule has 0 unspecified atom stereocenters. The second-order valence-corrected chi connectivity index (χ2v) is 12.7. The Bertz CT molecular complexity index is 502. The maximum absolute atomic E-state index is 13.7. The molecule has 1 aromatic rings. The van der Waals surface area contributed by atoms with Crippen LogP contribution in [-0.2, 0) is 0 Å². The van der Waals surface area contributed by atoms with Crippen molar-refractivity contribution >= 4 is 0 Å². The van der Waals surface area contributed by atoms with E-state index >= 15 is 0 Å². The zero-order valence-electron chi connectivity index (χ0n) is 9.52. The van der Waals surface area contributed by atoms with Crippen molar-refractivity contribution in [3.8, 4) is 0 Å². The number of halogens is 8. The quantitative estimate of drug-likeness (QED) is 0.242. The van der Waals surface area contributed by atoms with Crippen LogP contribution in [0, 0.1) is 27.9 Å². The predicted octanol–water partition coefficient (Wildman–Crippen LogP) is 1.76. The molecule has 1 aromatic carbocycles. The first kappa shape index (κ1) is 15.5. The van der Waals surface area contributed by atoms with E-state index in [1.54, 1.807) is 0 Å². The van der Waals surface area contributed by atoms with E-state index < -0.39 is 55.4 Å². The van der Waals surface area contributed by atoms with Crippen LogP contribution in [0.15, 0.2) is 6.07 Å². The van der Waals surface area contributed by atoms with E-state index in [0.29, 0.717) is 6.92 Å². The van der Waals surface area contributed by atoms with E-state index in [-0.39, 0.29) is 6.07 Å². The van der Waals surface area contributed by atoms with Crippen LogP contribution in [0.3, 0.4) is 0 Å². The Balaban J connectivity index is 3.77. The van der Waals surface area contributed by atoms with Gasteiger partial charge in [-0.25, -0.2) is 0 Å². The molecular weight excluding hydrogens is 380 g/mol. The van der Waals surface area contributed by atoms with Gasteiger partial charge >= 0.3 is 99.9 Å². The monoisotopic (exact) mass is 391 g/mol. The number of alkyl halides is 1. The Labute approximate surface area is 100 Å². The standard InChI is InChI=1S/C10H11F7I/c1-3-4-18(14,15,16,17)10-6(2)5-7(11)8(12)9(10)13/h5H,3-4H2,1-2H3/q+1. The van der Waals surface area contributed by atoms with E-state index in [9.17, 15) is 24.6 Å². The molecule has 18 heavy (non-hydrogen) atoms. The van der Waals surface area contributed by atoms with Gasteiger partial charge in [0.2, 0.25) is 0 Å². The zero-order valence-corrected chi connectivity index (χ0v) is 11.7. The Hall–Kier alpha value is -0.540. The molecule has 0 aromatic heterocycles. The molecule has 0 N–H and O–H groups in total. The van der Waals surface area contributed by atoms with Crippen LogP contribution < -0.4 is 18.0 Å². The van der Waals surface area contributed by atoms with E-state index in [4.69, 9.17) is 0 Å². The molecule has 0 bridgehead atoms. The topological polar surface area (TPSA) is 0 Å². The van der Waals surface area contributed by atoms with Gasteiger partial charge < -0.3 is 0 Å². The summed E-state index contributed by atoms with van der Waals surface area (Å²) < 4.78 is 89.6. The van der Waals surface area contributed by atoms with Crippen molar-refractivity contribution < 1.29 is 42.6 Å². The van der Waals surface area contributed by atoms with Crippen LogP contribution in [0.2, 0.25) is 0 Å². The Morgan fingerprint density at radius 3 is 1.94 bits per heavy atom. The fourth-order valence-corrected chi connectivity index (χ4v) is 7.72. The molecule has 0 atom stereocenters. The molecule has 0 aliphatic heterocycles. The van der Waals surface area contributed by atoms with Crippen molar-refractivity contribution in [2.45, 2.75) is 20.3 Å². The molecular formula is C10H11F7I+. The average Bonchev–Trinajstić information content (AvgIpc) is 2.11. The van der Waals surface area contributed by atoms with E-state index in [2.05, 4.69) is 0 Å². The van der Waals surface area contributed by atoms with Gasteiger partial charge in [0.25, 0.3) is 0 Å². The molecule has 0 fully saturated rings. The second-order valence-electron chi connectivity index (χ2n) is 3.95. The summed E-state index contributed by atoms with van der Waals surface area (Å²) in [7, 11) is 0. The summed E-state index contributed by atoms with van der Waals surface area (Å²) in [5.41, 5.74) is -0.975. The minimum absolute atomic E-state index is 0.157.